The zero-order valence-corrected chi connectivity index (χ0v) is 13.2. The van der Waals surface area contributed by atoms with Crippen LogP contribution in [0.15, 0.2) is 34.7 Å². The first-order valence-electron chi connectivity index (χ1n) is 8.57. The van der Waals surface area contributed by atoms with Crippen molar-refractivity contribution in [2.24, 2.45) is 0 Å². The predicted octanol–water partition coefficient (Wildman–Crippen LogP) is 4.56. The van der Waals surface area contributed by atoms with E-state index in [1.807, 2.05) is 6.07 Å². The molecule has 4 nitrogen and oxygen atoms in total. The molecule has 4 heteroatoms. The Hall–Kier alpha value is -2.28. The van der Waals surface area contributed by atoms with Crippen LogP contribution in [-0.2, 0) is 0 Å². The van der Waals surface area contributed by atoms with Crippen molar-refractivity contribution in [1.82, 2.24) is 4.98 Å². The first-order valence-corrected chi connectivity index (χ1v) is 8.57. The molecule has 1 heterocycles. The van der Waals surface area contributed by atoms with Crippen LogP contribution in [0.1, 0.15) is 67.5 Å². The maximum atomic E-state index is 9.33. The Kier molecular flexibility index (Phi) is 3.78. The van der Waals surface area contributed by atoms with E-state index in [0.29, 0.717) is 35.3 Å². The van der Waals surface area contributed by atoms with Crippen molar-refractivity contribution in [3.63, 3.8) is 0 Å². The number of rotatable bonds is 4. The molecular weight excluding hydrogens is 286 g/mol. The third-order valence-corrected chi connectivity index (χ3v) is 5.03. The maximum absolute atomic E-state index is 9.33. The van der Waals surface area contributed by atoms with Gasteiger partial charge in [-0.1, -0.05) is 49.6 Å². The lowest BCUT2D eigenvalue weighted by molar-refractivity contribution is 0.442. The molecular formula is C19H21N3O. The van der Waals surface area contributed by atoms with Gasteiger partial charge >= 0.3 is 0 Å². The Morgan fingerprint density at radius 1 is 1.09 bits per heavy atom. The molecule has 2 aromatic rings. The van der Waals surface area contributed by atoms with Crippen LogP contribution in [0.25, 0.3) is 0 Å². The zero-order valence-electron chi connectivity index (χ0n) is 13.2. The number of hydrogen-bond donors (Lipinski definition) is 1. The summed E-state index contributed by atoms with van der Waals surface area (Å²) in [6.45, 7) is 0. The van der Waals surface area contributed by atoms with Crippen molar-refractivity contribution in [2.45, 2.75) is 56.4 Å². The molecule has 0 aliphatic heterocycles. The zero-order chi connectivity index (χ0) is 15.6. The van der Waals surface area contributed by atoms with Crippen molar-refractivity contribution >= 4 is 5.88 Å². The molecule has 118 valence electrons. The maximum Gasteiger partial charge on any atom is 0.232 e. The fraction of sp³-hybridized carbons (Fsp3) is 0.474. The molecule has 2 aliphatic rings. The Morgan fingerprint density at radius 2 is 1.87 bits per heavy atom. The van der Waals surface area contributed by atoms with Gasteiger partial charge in [0.05, 0.1) is 0 Å². The van der Waals surface area contributed by atoms with Crippen LogP contribution < -0.4 is 5.32 Å². The monoisotopic (exact) mass is 307 g/mol. The highest BCUT2D eigenvalue weighted by Crippen LogP contribution is 2.54. The average Bonchev–Trinajstić information content (AvgIpc) is 3.31. The van der Waals surface area contributed by atoms with Crippen LogP contribution in [0.2, 0.25) is 0 Å². The second-order valence-electron chi connectivity index (χ2n) is 6.68. The molecule has 2 saturated carbocycles. The van der Waals surface area contributed by atoms with E-state index in [2.05, 4.69) is 40.6 Å². The summed E-state index contributed by atoms with van der Waals surface area (Å²) >= 11 is 0. The number of nitriles is 1. The number of anilines is 1. The molecule has 2 aliphatic carbocycles. The summed E-state index contributed by atoms with van der Waals surface area (Å²) in [5, 5.41) is 12.7. The van der Waals surface area contributed by atoms with Crippen LogP contribution in [-0.4, -0.2) is 11.0 Å². The summed E-state index contributed by atoms with van der Waals surface area (Å²) in [6.07, 6.45) is 7.16. The van der Waals surface area contributed by atoms with E-state index in [9.17, 15) is 5.26 Å². The molecule has 0 unspecified atom stereocenters. The summed E-state index contributed by atoms with van der Waals surface area (Å²) < 4.78 is 5.94. The van der Waals surface area contributed by atoms with E-state index in [1.165, 1.54) is 24.8 Å². The second kappa shape index (κ2) is 6.08. The Balaban J connectivity index is 1.49. The minimum atomic E-state index is 0.311. The highest BCUT2D eigenvalue weighted by Gasteiger charge is 2.43. The molecule has 1 aromatic carbocycles. The molecule has 1 N–H and O–H groups in total. The first kappa shape index (κ1) is 14.3. The van der Waals surface area contributed by atoms with E-state index in [-0.39, 0.29) is 0 Å². The smallest absolute Gasteiger partial charge is 0.232 e. The van der Waals surface area contributed by atoms with Crippen LogP contribution in [0.5, 0.6) is 0 Å². The number of nitrogens with one attached hydrogen (secondary N) is 1. The summed E-state index contributed by atoms with van der Waals surface area (Å²) in [4.78, 5) is 4.44. The van der Waals surface area contributed by atoms with Crippen LogP contribution in [0, 0.1) is 11.3 Å². The summed E-state index contributed by atoms with van der Waals surface area (Å²) in [6, 6.07) is 13.1. The fourth-order valence-electron chi connectivity index (χ4n) is 3.64. The van der Waals surface area contributed by atoms with Gasteiger partial charge < -0.3 is 9.73 Å². The normalized spacial score (nSPS) is 24.1. The summed E-state index contributed by atoms with van der Waals surface area (Å²) in [7, 11) is 0. The number of hydrogen-bond acceptors (Lipinski definition) is 4. The van der Waals surface area contributed by atoms with Gasteiger partial charge in [-0.2, -0.15) is 5.26 Å². The topological polar surface area (TPSA) is 61.9 Å². The number of aromatic nitrogens is 1. The van der Waals surface area contributed by atoms with Gasteiger partial charge in [0, 0.05) is 12.0 Å². The molecule has 0 amide bonds. The standard InChI is InChI=1S/C19H21N3O/c20-12-17-19(21-14-9-5-2-6-10-14)23-18(22-17)16-11-15(16)13-7-3-1-4-8-13/h1,3-4,7-8,14-16,21H,2,5-6,9-11H2/t15-,16+/m0/s1. The van der Waals surface area contributed by atoms with Gasteiger partial charge in [-0.3, -0.25) is 0 Å². The van der Waals surface area contributed by atoms with Gasteiger partial charge in [0.15, 0.2) is 0 Å². The van der Waals surface area contributed by atoms with Crippen molar-refractivity contribution in [2.75, 3.05) is 5.32 Å². The predicted molar refractivity (Wildman–Crippen MR) is 88.3 cm³/mol. The van der Waals surface area contributed by atoms with E-state index in [1.54, 1.807) is 0 Å². The summed E-state index contributed by atoms with van der Waals surface area (Å²) in [5.74, 6) is 2.08. The van der Waals surface area contributed by atoms with Gasteiger partial charge in [0.1, 0.15) is 6.07 Å². The van der Waals surface area contributed by atoms with Crippen LogP contribution in [0.4, 0.5) is 5.88 Å². The Labute approximate surface area is 136 Å². The molecule has 1 aromatic heterocycles. The minimum Gasteiger partial charge on any atom is -0.424 e. The van der Waals surface area contributed by atoms with E-state index >= 15 is 0 Å². The number of nitrogens with zero attached hydrogens (tertiary/aromatic N) is 2. The minimum absolute atomic E-state index is 0.311. The molecule has 2 atom stereocenters. The van der Waals surface area contributed by atoms with Gasteiger partial charge in [-0.05, 0) is 30.7 Å². The lowest BCUT2D eigenvalue weighted by Gasteiger charge is -2.22. The van der Waals surface area contributed by atoms with Gasteiger partial charge in [-0.15, -0.1) is 0 Å². The van der Waals surface area contributed by atoms with E-state index in [0.717, 1.165) is 19.3 Å². The van der Waals surface area contributed by atoms with E-state index < -0.39 is 0 Å². The SMILES string of the molecule is N#Cc1nc([C@@H]2C[C@H]2c2ccccc2)oc1NC1CCCCC1. The third kappa shape index (κ3) is 2.96. The van der Waals surface area contributed by atoms with Gasteiger partial charge in [-0.25, -0.2) is 4.98 Å². The molecule has 4 rings (SSSR count). The highest BCUT2D eigenvalue weighted by molar-refractivity contribution is 5.47. The van der Waals surface area contributed by atoms with E-state index in [4.69, 9.17) is 4.42 Å². The highest BCUT2D eigenvalue weighted by atomic mass is 16.4. The third-order valence-electron chi connectivity index (χ3n) is 5.03. The molecule has 0 saturated heterocycles. The Bertz CT molecular complexity index is 710. The molecule has 0 radical (unpaired) electrons. The number of benzene rings is 1. The average molecular weight is 307 g/mol. The quantitative estimate of drug-likeness (QED) is 0.899. The summed E-state index contributed by atoms with van der Waals surface area (Å²) in [5.41, 5.74) is 1.74. The molecule has 0 bridgehead atoms. The lowest BCUT2D eigenvalue weighted by Crippen LogP contribution is -2.22. The van der Waals surface area contributed by atoms with Gasteiger partial charge in [0.2, 0.25) is 17.5 Å². The lowest BCUT2D eigenvalue weighted by atomic mass is 9.95. The van der Waals surface area contributed by atoms with Crippen molar-refractivity contribution in [1.29, 1.82) is 5.26 Å². The fourth-order valence-corrected chi connectivity index (χ4v) is 3.64. The molecule has 23 heavy (non-hydrogen) atoms. The Morgan fingerprint density at radius 3 is 2.61 bits per heavy atom. The van der Waals surface area contributed by atoms with Gasteiger partial charge in [0.25, 0.3) is 0 Å². The molecule has 2 fully saturated rings. The van der Waals surface area contributed by atoms with Crippen LogP contribution >= 0.6 is 0 Å². The van der Waals surface area contributed by atoms with Crippen molar-refractivity contribution in [3.05, 3.63) is 47.5 Å². The van der Waals surface area contributed by atoms with Crippen molar-refractivity contribution in [3.8, 4) is 6.07 Å². The molecule has 0 spiro atoms. The largest absolute Gasteiger partial charge is 0.424 e. The first-order chi connectivity index (χ1) is 11.3. The second-order valence-corrected chi connectivity index (χ2v) is 6.68. The van der Waals surface area contributed by atoms with Crippen LogP contribution in [0.3, 0.4) is 0 Å². The number of oxazole rings is 1. The van der Waals surface area contributed by atoms with Crippen molar-refractivity contribution < 1.29 is 4.42 Å².